The second-order valence-corrected chi connectivity index (χ2v) is 20.2. The molecule has 37 nitrogen and oxygen atoms in total. The molecule has 0 bridgehead atoms. The van der Waals surface area contributed by atoms with E-state index in [0.717, 1.165) is 20.8 Å². The Morgan fingerprint density at radius 1 is 0.549 bits per heavy atom. The Morgan fingerprint density at radius 2 is 1.05 bits per heavy atom. The molecular weight excluding hydrogens is 1130 g/mol. The van der Waals surface area contributed by atoms with Crippen LogP contribution < -0.4 is 16.0 Å². The van der Waals surface area contributed by atoms with Crippen LogP contribution in [0.15, 0.2) is 0 Å². The number of aliphatic hydroxyl groups excluding tert-OH is 19. The van der Waals surface area contributed by atoms with E-state index in [0.29, 0.717) is 0 Å². The van der Waals surface area contributed by atoms with Crippen LogP contribution in [-0.4, -0.2) is 355 Å². The summed E-state index contributed by atoms with van der Waals surface area (Å²) >= 11 is 0. The maximum absolute atomic E-state index is 13.0. The molecule has 5 aliphatic rings. The normalized spacial score (nSPS) is 42.2. The van der Waals surface area contributed by atoms with Crippen molar-refractivity contribution in [2.24, 2.45) is 0 Å². The summed E-state index contributed by atoms with van der Waals surface area (Å²) in [5.74, 6) is -7.95. The fourth-order valence-corrected chi connectivity index (χ4v) is 9.93. The van der Waals surface area contributed by atoms with E-state index >= 15 is 0 Å². The van der Waals surface area contributed by atoms with E-state index in [9.17, 15) is 121 Å². The molecule has 5 saturated heterocycles. The zero-order valence-electron chi connectivity index (χ0n) is 44.1. The molecule has 0 aromatic carbocycles. The quantitative estimate of drug-likeness (QED) is 0.0382. The van der Waals surface area contributed by atoms with Crippen molar-refractivity contribution in [1.82, 2.24) is 16.0 Å². The molecule has 3 amide bonds. The average Bonchev–Trinajstić information content (AvgIpc) is 3.64. The van der Waals surface area contributed by atoms with Crippen LogP contribution >= 0.6 is 0 Å². The lowest BCUT2D eigenvalue weighted by atomic mass is 9.88. The second-order valence-electron chi connectivity index (χ2n) is 20.2. The molecule has 476 valence electrons. The Kier molecular flexibility index (Phi) is 25.7. The van der Waals surface area contributed by atoms with Gasteiger partial charge in [0.25, 0.3) is 5.79 Å². The van der Waals surface area contributed by atoms with Gasteiger partial charge >= 0.3 is 5.97 Å². The average molecular weight is 1200 g/mol. The Hall–Kier alpha value is -3.28. The number of aliphatic hydroxyl groups is 19. The van der Waals surface area contributed by atoms with Crippen LogP contribution in [0.2, 0.25) is 0 Å². The molecule has 0 unspecified atom stereocenters. The highest BCUT2D eigenvalue weighted by Crippen LogP contribution is 2.39. The van der Waals surface area contributed by atoms with Crippen LogP contribution in [-0.2, 0) is 66.5 Å². The van der Waals surface area contributed by atoms with Gasteiger partial charge in [0.1, 0.15) is 134 Å². The second kappa shape index (κ2) is 30.4. The highest BCUT2D eigenvalue weighted by Gasteiger charge is 2.61. The molecule has 30 atom stereocenters. The number of hydrogen-bond donors (Lipinski definition) is 23. The number of carbonyl (C=O) groups excluding carboxylic acids is 3. The molecule has 0 radical (unpaired) electrons. The highest BCUT2D eigenvalue weighted by molar-refractivity contribution is 5.77. The number of aliphatic carboxylic acids is 1. The zero-order chi connectivity index (χ0) is 61.4. The van der Waals surface area contributed by atoms with E-state index in [1.165, 1.54) is 0 Å². The van der Waals surface area contributed by atoms with Gasteiger partial charge in [0.15, 0.2) is 25.2 Å². The minimum atomic E-state index is -3.23. The van der Waals surface area contributed by atoms with Crippen LogP contribution in [0.1, 0.15) is 27.2 Å². The number of carbonyl (C=O) groups is 4. The van der Waals surface area contributed by atoms with Crippen LogP contribution in [0.3, 0.4) is 0 Å². The van der Waals surface area contributed by atoms with E-state index in [1.54, 1.807) is 0 Å². The van der Waals surface area contributed by atoms with Crippen molar-refractivity contribution >= 4 is 23.7 Å². The predicted octanol–water partition coefficient (Wildman–Crippen LogP) is -14.8. The first-order valence-electron chi connectivity index (χ1n) is 25.7. The predicted molar refractivity (Wildman–Crippen MR) is 253 cm³/mol. The Balaban J connectivity index is 1.35. The summed E-state index contributed by atoms with van der Waals surface area (Å²) in [4.78, 5) is 49.9. The van der Waals surface area contributed by atoms with Crippen molar-refractivity contribution in [3.05, 3.63) is 0 Å². The fraction of sp³-hybridized carbons (Fsp3) is 0.911. The number of amides is 3. The van der Waals surface area contributed by atoms with Crippen molar-refractivity contribution in [2.45, 2.75) is 211 Å². The molecular formula is C45H77N3O34. The summed E-state index contributed by atoms with van der Waals surface area (Å²) in [6.07, 6.45) is -54.3. The first-order valence-corrected chi connectivity index (χ1v) is 25.7. The molecule has 5 fully saturated rings. The number of carboxylic acid groups (broad SMARTS) is 1. The Bertz CT molecular complexity index is 2040. The largest absolute Gasteiger partial charge is 0.477 e. The highest BCUT2D eigenvalue weighted by atomic mass is 16.8. The fourth-order valence-electron chi connectivity index (χ4n) is 9.93. The van der Waals surface area contributed by atoms with Gasteiger partial charge in [0, 0.05) is 27.2 Å². The Morgan fingerprint density at radius 3 is 1.56 bits per heavy atom. The first-order chi connectivity index (χ1) is 38.5. The monoisotopic (exact) mass is 1200 g/mol. The molecule has 82 heavy (non-hydrogen) atoms. The van der Waals surface area contributed by atoms with E-state index in [1.807, 2.05) is 0 Å². The number of ether oxygens (including phenoxy) is 10. The standard InChI is InChI=1S/C45H77N3O34/c1-12(55)46-15(5-49)35(78-43-34(70)39(28(64)20(8-52)75-43)82-45(44(71)72)4-16(58)23(47-13(2)56)38(81-45)25(61)17(59)6-50)26(62)18(60)11-73-40-24(48-14(3)57)29(65)36(21(9-53)76-40)79-42-33(69)31(67)37(22(10-54)77-42)80-41-32(68)30(66)27(63)19(7-51)74-41/h15-43,49-54,58-70H,4-11H2,1-3H3,(H,46,55)(H,47,56)(H,48,57)(H,71,72)/t15-,16-,17+,18+,19+,20+,21+,22+,23+,24+,25+,26-,27-,28-,29+,30-,31+,32+,33+,34+,35+,36+,37-,38+,39-,40+,41+,42-,43-,45-/m0/s1. The number of carboxylic acids is 1. The minimum absolute atomic E-state index is 0.840. The summed E-state index contributed by atoms with van der Waals surface area (Å²) in [7, 11) is 0. The first kappa shape index (κ1) is 69.5. The molecule has 0 aliphatic carbocycles. The van der Waals surface area contributed by atoms with Crippen molar-refractivity contribution in [3.8, 4) is 0 Å². The topological polar surface area (TPSA) is 601 Å². The lowest BCUT2D eigenvalue weighted by molar-refractivity contribution is -0.376. The third-order valence-electron chi connectivity index (χ3n) is 14.2. The smallest absolute Gasteiger partial charge is 0.364 e. The van der Waals surface area contributed by atoms with Crippen molar-refractivity contribution < 1.29 is 169 Å². The molecule has 0 aromatic heterocycles. The summed E-state index contributed by atoms with van der Waals surface area (Å²) in [5, 5.41) is 221. The van der Waals surface area contributed by atoms with Crippen LogP contribution in [0.4, 0.5) is 0 Å². The van der Waals surface area contributed by atoms with Gasteiger partial charge in [0.05, 0.1) is 64.4 Å². The molecule has 5 heterocycles. The molecule has 5 aliphatic heterocycles. The van der Waals surface area contributed by atoms with Crippen molar-refractivity contribution in [2.75, 3.05) is 46.2 Å². The molecule has 23 N–H and O–H groups in total. The zero-order valence-corrected chi connectivity index (χ0v) is 44.1. The van der Waals surface area contributed by atoms with Crippen LogP contribution in [0.25, 0.3) is 0 Å². The molecule has 37 heteroatoms. The van der Waals surface area contributed by atoms with Gasteiger partial charge in [0.2, 0.25) is 17.7 Å². The molecule has 5 rings (SSSR count). The maximum atomic E-state index is 13.0. The number of nitrogens with one attached hydrogen (secondary N) is 3. The lowest BCUT2D eigenvalue weighted by Crippen LogP contribution is -2.70. The SMILES string of the molecule is CC(=O)N[C@H]1[C@H](OC[C@@H](O)[C@H](O)[C@H](O[C@@H]2O[C@H](CO)[C@H](O)[C@H](O[C@]3(C(=O)O)C[C@H](O)[C@@H](NC(C)=O)[C@H]([C@H](O)[C@H](O)CO)O3)[C@H]2O)[C@H](CO)NC(C)=O)O[C@H](CO)[C@@H](O[C@@H]2O[C@H](CO)[C@H](O[C@H]3O[C@H](CO)[C@H](O)[C@H](O)[C@H]3O)[C@H](O)[C@H]2O)[C@@H]1O. The van der Waals surface area contributed by atoms with Crippen molar-refractivity contribution in [3.63, 3.8) is 0 Å². The summed E-state index contributed by atoms with van der Waals surface area (Å²) in [6, 6.07) is -5.25. The Labute approximate surface area is 464 Å². The van der Waals surface area contributed by atoms with Crippen LogP contribution in [0, 0.1) is 0 Å². The van der Waals surface area contributed by atoms with Gasteiger partial charge in [-0.25, -0.2) is 4.79 Å². The number of rotatable bonds is 26. The van der Waals surface area contributed by atoms with Gasteiger partial charge in [-0.05, 0) is 0 Å². The summed E-state index contributed by atoms with van der Waals surface area (Å²) in [5.41, 5.74) is 0. The third-order valence-corrected chi connectivity index (χ3v) is 14.2. The summed E-state index contributed by atoms with van der Waals surface area (Å²) in [6.45, 7) is -4.62. The molecule has 0 spiro atoms. The van der Waals surface area contributed by atoms with Gasteiger partial charge in [-0.1, -0.05) is 0 Å². The minimum Gasteiger partial charge on any atom is -0.477 e. The molecule has 0 saturated carbocycles. The van der Waals surface area contributed by atoms with Crippen molar-refractivity contribution in [1.29, 1.82) is 0 Å². The van der Waals surface area contributed by atoms with Gasteiger partial charge in [-0.3, -0.25) is 14.4 Å². The van der Waals surface area contributed by atoms with E-state index in [4.69, 9.17) is 47.4 Å². The summed E-state index contributed by atoms with van der Waals surface area (Å²) < 4.78 is 56.3. The van der Waals surface area contributed by atoms with Gasteiger partial charge < -0.3 is 165 Å². The molecule has 0 aromatic rings. The van der Waals surface area contributed by atoms with E-state index < -0.39 is 260 Å². The third kappa shape index (κ3) is 15.8. The van der Waals surface area contributed by atoms with Gasteiger partial charge in [-0.2, -0.15) is 0 Å². The maximum Gasteiger partial charge on any atom is 0.364 e. The van der Waals surface area contributed by atoms with Gasteiger partial charge in [-0.15, -0.1) is 0 Å². The van der Waals surface area contributed by atoms with E-state index in [-0.39, 0.29) is 0 Å². The van der Waals surface area contributed by atoms with Crippen LogP contribution in [0.5, 0.6) is 0 Å². The number of hydrogen-bond acceptors (Lipinski definition) is 33. The van der Waals surface area contributed by atoms with E-state index in [2.05, 4.69) is 16.0 Å². The lowest BCUT2D eigenvalue weighted by Gasteiger charge is -2.50.